The van der Waals surface area contributed by atoms with E-state index in [-0.39, 0.29) is 35.7 Å². The molecule has 2 atom stereocenters. The van der Waals surface area contributed by atoms with Crippen molar-refractivity contribution in [3.8, 4) is 34.5 Å². The number of para-hydroxylation sites is 1. The molecule has 214 valence electrons. The van der Waals surface area contributed by atoms with Gasteiger partial charge < -0.3 is 28.6 Å². The molecule has 2 aliphatic rings. The van der Waals surface area contributed by atoms with Crippen molar-refractivity contribution in [3.05, 3.63) is 70.3 Å². The number of nitrogens with zero attached hydrogens (tertiary/aromatic N) is 3. The molecule has 0 radical (unpaired) electrons. The third-order valence-corrected chi connectivity index (χ3v) is 7.00. The first kappa shape index (κ1) is 27.8. The summed E-state index contributed by atoms with van der Waals surface area (Å²) in [7, 11) is 3.07. The van der Waals surface area contributed by atoms with Gasteiger partial charge in [-0.15, -0.1) is 0 Å². The van der Waals surface area contributed by atoms with E-state index >= 15 is 0 Å². The molecule has 5 rings (SSSR count). The molecule has 3 aromatic carbocycles. The van der Waals surface area contributed by atoms with Crippen LogP contribution >= 0.6 is 0 Å². The number of methoxy groups -OCH3 is 2. The standard InChI is InChI=1S/C30H31N3O8/c1-19(40-25-7-4-8-26(29(25)33(35)36)41-22-11-9-21(37-2)10-12-22)13-15-39-28-17-24-23(16-27(28)38-3)30(34)32-14-5-6-20(32)18-31-24/h4,7-12,16-20H,5-6,13-15H2,1-3H3/t19?,20-/m0/s1. The number of nitro benzene ring substituents is 1. The SMILES string of the molecule is COc1ccc(Oc2cccc(OC(C)CCOc3cc4c(cc3OC)C(=O)N3CCC[C@H]3C=N4)c2[N+](=O)[O-])cc1. The van der Waals surface area contributed by atoms with E-state index in [1.54, 1.807) is 56.5 Å². The van der Waals surface area contributed by atoms with E-state index in [4.69, 9.17) is 23.7 Å². The van der Waals surface area contributed by atoms with Crippen LogP contribution in [-0.2, 0) is 0 Å². The smallest absolute Gasteiger partial charge is 0.352 e. The highest BCUT2D eigenvalue weighted by atomic mass is 16.6. The van der Waals surface area contributed by atoms with Crippen LogP contribution in [-0.4, -0.2) is 61.5 Å². The lowest BCUT2D eigenvalue weighted by Gasteiger charge is -2.20. The highest BCUT2D eigenvalue weighted by Gasteiger charge is 2.32. The number of carbonyl (C=O) groups is 1. The third kappa shape index (κ3) is 6.03. The molecule has 11 nitrogen and oxygen atoms in total. The van der Waals surface area contributed by atoms with Crippen molar-refractivity contribution in [2.75, 3.05) is 27.4 Å². The molecule has 3 aromatic rings. The highest BCUT2D eigenvalue weighted by Crippen LogP contribution is 2.41. The fourth-order valence-electron chi connectivity index (χ4n) is 4.86. The molecule has 41 heavy (non-hydrogen) atoms. The maximum absolute atomic E-state index is 13.1. The number of hydrogen-bond donors (Lipinski definition) is 0. The average Bonchev–Trinajstić information content (AvgIpc) is 3.40. The summed E-state index contributed by atoms with van der Waals surface area (Å²) < 4.78 is 28.4. The number of benzene rings is 3. The first-order valence-corrected chi connectivity index (χ1v) is 13.3. The Kier molecular flexibility index (Phi) is 8.23. The zero-order chi connectivity index (χ0) is 28.9. The first-order chi connectivity index (χ1) is 19.9. The zero-order valence-electron chi connectivity index (χ0n) is 23.1. The van der Waals surface area contributed by atoms with E-state index in [0.717, 1.165) is 12.8 Å². The van der Waals surface area contributed by atoms with Gasteiger partial charge in [0.15, 0.2) is 11.5 Å². The van der Waals surface area contributed by atoms with E-state index in [1.165, 1.54) is 19.2 Å². The lowest BCUT2D eigenvalue weighted by molar-refractivity contribution is -0.386. The van der Waals surface area contributed by atoms with Gasteiger partial charge in [-0.1, -0.05) is 6.07 Å². The number of amides is 1. The lowest BCUT2D eigenvalue weighted by atomic mass is 10.1. The number of aliphatic imine (C=N–C) groups is 1. The zero-order valence-corrected chi connectivity index (χ0v) is 23.1. The summed E-state index contributed by atoms with van der Waals surface area (Å²) in [5, 5.41) is 12.0. The van der Waals surface area contributed by atoms with Crippen LogP contribution in [0, 0.1) is 10.1 Å². The average molecular weight is 562 g/mol. The van der Waals surface area contributed by atoms with Crippen molar-refractivity contribution >= 4 is 23.5 Å². The van der Waals surface area contributed by atoms with Crippen LogP contribution in [0.15, 0.2) is 59.6 Å². The number of carbonyl (C=O) groups excluding carboxylic acids is 1. The van der Waals surface area contributed by atoms with Gasteiger partial charge in [0.1, 0.15) is 11.5 Å². The molecule has 2 heterocycles. The molecule has 2 aliphatic heterocycles. The van der Waals surface area contributed by atoms with Gasteiger partial charge in [-0.2, -0.15) is 0 Å². The second kappa shape index (κ2) is 12.2. The quantitative estimate of drug-likeness (QED) is 0.208. The number of rotatable bonds is 11. The van der Waals surface area contributed by atoms with E-state index in [2.05, 4.69) is 4.99 Å². The molecule has 0 N–H and O–H groups in total. The van der Waals surface area contributed by atoms with Gasteiger partial charge in [0.05, 0.1) is 49.1 Å². The fraction of sp³-hybridized carbons (Fsp3) is 0.333. The van der Waals surface area contributed by atoms with Gasteiger partial charge in [0.25, 0.3) is 5.91 Å². The molecule has 1 saturated heterocycles. The van der Waals surface area contributed by atoms with Crippen LogP contribution in [0.5, 0.6) is 34.5 Å². The summed E-state index contributed by atoms with van der Waals surface area (Å²) in [6.45, 7) is 2.75. The Bertz CT molecular complexity index is 1460. The second-order valence-corrected chi connectivity index (χ2v) is 9.71. The minimum Gasteiger partial charge on any atom is -0.497 e. The Morgan fingerprint density at radius 2 is 1.78 bits per heavy atom. The molecule has 0 aliphatic carbocycles. The van der Waals surface area contributed by atoms with Crippen LogP contribution in [0.25, 0.3) is 0 Å². The van der Waals surface area contributed by atoms with Crippen molar-refractivity contribution < 1.29 is 33.4 Å². The molecular weight excluding hydrogens is 530 g/mol. The molecular formula is C30H31N3O8. The summed E-state index contributed by atoms with van der Waals surface area (Å²) in [4.78, 5) is 30.9. The summed E-state index contributed by atoms with van der Waals surface area (Å²) in [6, 6.07) is 14.8. The van der Waals surface area contributed by atoms with Crippen molar-refractivity contribution in [2.45, 2.75) is 38.3 Å². The fourth-order valence-corrected chi connectivity index (χ4v) is 4.86. The third-order valence-electron chi connectivity index (χ3n) is 7.00. The topological polar surface area (TPSA) is 122 Å². The van der Waals surface area contributed by atoms with Gasteiger partial charge in [0.2, 0.25) is 11.5 Å². The molecule has 11 heteroatoms. The van der Waals surface area contributed by atoms with Crippen molar-refractivity contribution in [1.29, 1.82) is 0 Å². The number of fused-ring (bicyclic) bond motifs is 2. The predicted octanol–water partition coefficient (Wildman–Crippen LogP) is 5.96. The van der Waals surface area contributed by atoms with Gasteiger partial charge >= 0.3 is 5.69 Å². The number of nitro groups is 1. The first-order valence-electron chi connectivity index (χ1n) is 13.3. The van der Waals surface area contributed by atoms with E-state index in [1.807, 2.05) is 11.1 Å². The van der Waals surface area contributed by atoms with Crippen molar-refractivity contribution in [1.82, 2.24) is 4.90 Å². The number of hydrogen-bond acceptors (Lipinski definition) is 9. The molecule has 0 aromatic heterocycles. The Morgan fingerprint density at radius 3 is 2.51 bits per heavy atom. The minimum absolute atomic E-state index is 0.00688. The molecule has 0 spiro atoms. The maximum Gasteiger partial charge on any atom is 0.352 e. The molecule has 0 bridgehead atoms. The summed E-state index contributed by atoms with van der Waals surface area (Å²) in [5.41, 5.74) is 0.746. The van der Waals surface area contributed by atoms with Crippen LogP contribution < -0.4 is 23.7 Å². The van der Waals surface area contributed by atoms with Crippen LogP contribution in [0.1, 0.15) is 36.5 Å². The van der Waals surface area contributed by atoms with Crippen molar-refractivity contribution in [3.63, 3.8) is 0 Å². The van der Waals surface area contributed by atoms with Crippen LogP contribution in [0.4, 0.5) is 11.4 Å². The van der Waals surface area contributed by atoms with Gasteiger partial charge in [-0.25, -0.2) is 0 Å². The van der Waals surface area contributed by atoms with Gasteiger partial charge in [0, 0.05) is 25.2 Å². The van der Waals surface area contributed by atoms with E-state index in [9.17, 15) is 14.9 Å². The summed E-state index contributed by atoms with van der Waals surface area (Å²) >= 11 is 0. The largest absolute Gasteiger partial charge is 0.497 e. The van der Waals surface area contributed by atoms with Crippen LogP contribution in [0.2, 0.25) is 0 Å². The highest BCUT2D eigenvalue weighted by molar-refractivity contribution is 6.03. The summed E-state index contributed by atoms with van der Waals surface area (Å²) in [6.07, 6.45) is 3.67. The second-order valence-electron chi connectivity index (χ2n) is 9.71. The normalized spacial score (nSPS) is 16.3. The Hall–Kier alpha value is -4.80. The molecule has 1 amide bonds. The Labute approximate surface area is 237 Å². The summed E-state index contributed by atoms with van der Waals surface area (Å²) in [5.74, 6) is 2.03. The van der Waals surface area contributed by atoms with E-state index in [0.29, 0.717) is 47.2 Å². The van der Waals surface area contributed by atoms with Crippen LogP contribution in [0.3, 0.4) is 0 Å². The lowest BCUT2D eigenvalue weighted by Crippen LogP contribution is -2.35. The van der Waals surface area contributed by atoms with E-state index < -0.39 is 11.0 Å². The van der Waals surface area contributed by atoms with Gasteiger partial charge in [-0.05, 0) is 62.2 Å². The minimum atomic E-state index is -0.523. The molecule has 0 saturated carbocycles. The monoisotopic (exact) mass is 561 g/mol. The Morgan fingerprint density at radius 1 is 1.02 bits per heavy atom. The molecule has 1 fully saturated rings. The molecule has 1 unspecified atom stereocenters. The van der Waals surface area contributed by atoms with Crippen molar-refractivity contribution in [2.24, 2.45) is 4.99 Å². The van der Waals surface area contributed by atoms with Gasteiger partial charge in [-0.3, -0.25) is 19.9 Å². The number of ether oxygens (including phenoxy) is 5. The Balaban J connectivity index is 1.25. The maximum atomic E-state index is 13.1. The predicted molar refractivity (Wildman–Crippen MR) is 152 cm³/mol.